The lowest BCUT2D eigenvalue weighted by Crippen LogP contribution is -2.46. The maximum Gasteiger partial charge on any atom is 0.321 e. The molecule has 3 amide bonds. The third-order valence-electron chi connectivity index (χ3n) is 1.95. The van der Waals surface area contributed by atoms with Gasteiger partial charge in [-0.15, -0.1) is 0 Å². The van der Waals surface area contributed by atoms with Crippen molar-refractivity contribution in [3.63, 3.8) is 0 Å². The largest absolute Gasteiger partial charge is 0.480 e. The summed E-state index contributed by atoms with van der Waals surface area (Å²) >= 11 is 0. The summed E-state index contributed by atoms with van der Waals surface area (Å²) in [5, 5.41) is 6.70. The van der Waals surface area contributed by atoms with E-state index in [9.17, 15) is 22.8 Å². The maximum atomic E-state index is 11.5. The average Bonchev–Trinajstić information content (AvgIpc) is 2.13. The van der Waals surface area contributed by atoms with Crippen LogP contribution in [0.1, 0.15) is 13.8 Å². The summed E-state index contributed by atoms with van der Waals surface area (Å²) in [6.45, 7) is 1.92. The second kappa shape index (κ2) is 4.92. The van der Waals surface area contributed by atoms with Crippen LogP contribution in [0.4, 0.5) is 4.79 Å². The van der Waals surface area contributed by atoms with Crippen LogP contribution in [0.5, 0.6) is 0 Å². The molecule has 0 aliphatic rings. The van der Waals surface area contributed by atoms with Crippen molar-refractivity contribution in [1.82, 2.24) is 5.32 Å². The number of nitrogens with two attached hydrogens (primary N) is 1. The Morgan fingerprint density at radius 3 is 1.94 bits per heavy atom. The minimum atomic E-state index is -4.20. The summed E-state index contributed by atoms with van der Waals surface area (Å²) in [5.74, 6) is -2.72. The highest BCUT2D eigenvalue weighted by Crippen LogP contribution is 2.09. The summed E-state index contributed by atoms with van der Waals surface area (Å²) in [6.07, 6.45) is 0. The van der Waals surface area contributed by atoms with Gasteiger partial charge in [0.1, 0.15) is 5.25 Å². The molecule has 0 radical (unpaired) electrons. The fourth-order valence-corrected chi connectivity index (χ4v) is 2.07. The molecular formula is C7H12N2O6S. The average molecular weight is 252 g/mol. The van der Waals surface area contributed by atoms with Crippen molar-refractivity contribution in [2.75, 3.05) is 0 Å². The van der Waals surface area contributed by atoms with Crippen molar-refractivity contribution in [3.8, 4) is 0 Å². The lowest BCUT2D eigenvalue weighted by atomic mass is 10.4. The molecular weight excluding hydrogens is 240 g/mol. The van der Waals surface area contributed by atoms with Gasteiger partial charge in [-0.25, -0.2) is 13.2 Å². The van der Waals surface area contributed by atoms with Crippen LogP contribution in [0.3, 0.4) is 0 Å². The van der Waals surface area contributed by atoms with Crippen LogP contribution in [-0.2, 0) is 19.4 Å². The standard InChI is InChI=1S/C7H12N2O6S/c1-3(5(10)9-7(8)13)16(14,15)4(2)6(11)12/h3-4H,1-2H3,(H,11,12)(H3,8,9,10,13). The van der Waals surface area contributed by atoms with Gasteiger partial charge in [-0.3, -0.25) is 14.9 Å². The van der Waals surface area contributed by atoms with Gasteiger partial charge in [0.2, 0.25) is 5.91 Å². The number of carboxylic acid groups (broad SMARTS) is 1. The molecule has 0 aromatic heterocycles. The monoisotopic (exact) mass is 252 g/mol. The number of aliphatic carboxylic acids is 1. The van der Waals surface area contributed by atoms with Crippen molar-refractivity contribution in [1.29, 1.82) is 0 Å². The Bertz CT molecular complexity index is 415. The topological polar surface area (TPSA) is 144 Å². The van der Waals surface area contributed by atoms with Crippen LogP contribution >= 0.6 is 0 Å². The zero-order valence-corrected chi connectivity index (χ0v) is 9.45. The summed E-state index contributed by atoms with van der Waals surface area (Å²) < 4.78 is 23.0. The van der Waals surface area contributed by atoms with E-state index in [-0.39, 0.29) is 0 Å². The second-order valence-corrected chi connectivity index (χ2v) is 5.66. The third kappa shape index (κ3) is 3.19. The predicted octanol–water partition coefficient (Wildman–Crippen LogP) is -1.54. The van der Waals surface area contributed by atoms with Crippen molar-refractivity contribution >= 4 is 27.7 Å². The van der Waals surface area contributed by atoms with Gasteiger partial charge >= 0.3 is 12.0 Å². The Labute approximate surface area is 91.7 Å². The van der Waals surface area contributed by atoms with Crippen molar-refractivity contribution in [2.24, 2.45) is 5.73 Å². The van der Waals surface area contributed by atoms with Gasteiger partial charge in [-0.2, -0.15) is 0 Å². The highest BCUT2D eigenvalue weighted by molar-refractivity contribution is 7.94. The summed E-state index contributed by atoms with van der Waals surface area (Å²) in [6, 6.07) is -1.20. The van der Waals surface area contributed by atoms with Crippen molar-refractivity contribution < 1.29 is 27.9 Å². The zero-order valence-electron chi connectivity index (χ0n) is 8.63. The first-order valence-corrected chi connectivity index (χ1v) is 5.77. The SMILES string of the molecule is CC(C(=O)O)S(=O)(=O)C(C)C(=O)NC(N)=O. The van der Waals surface area contributed by atoms with Gasteiger partial charge < -0.3 is 10.8 Å². The molecule has 0 aromatic carbocycles. The van der Waals surface area contributed by atoms with Crippen LogP contribution in [-0.4, -0.2) is 41.9 Å². The zero-order chi connectivity index (χ0) is 13.1. The molecule has 0 heterocycles. The lowest BCUT2D eigenvalue weighted by molar-refractivity contribution is -0.136. The van der Waals surface area contributed by atoms with E-state index < -0.39 is 38.2 Å². The fourth-order valence-electron chi connectivity index (χ4n) is 0.819. The molecule has 2 atom stereocenters. The molecule has 0 aliphatic heterocycles. The normalized spacial score (nSPS) is 14.9. The molecule has 0 aliphatic carbocycles. The van der Waals surface area contributed by atoms with Crippen LogP contribution in [0, 0.1) is 0 Å². The minimum Gasteiger partial charge on any atom is -0.480 e. The van der Waals surface area contributed by atoms with Gasteiger partial charge in [0.15, 0.2) is 15.1 Å². The highest BCUT2D eigenvalue weighted by atomic mass is 32.2. The van der Waals surface area contributed by atoms with E-state index in [1.54, 1.807) is 5.32 Å². The van der Waals surface area contributed by atoms with E-state index >= 15 is 0 Å². The summed E-state index contributed by atoms with van der Waals surface area (Å²) in [7, 11) is -4.20. The number of carboxylic acids is 1. The lowest BCUT2D eigenvalue weighted by Gasteiger charge is -2.14. The van der Waals surface area contributed by atoms with Crippen LogP contribution in [0.25, 0.3) is 0 Å². The van der Waals surface area contributed by atoms with Crippen LogP contribution in [0.15, 0.2) is 0 Å². The van der Waals surface area contributed by atoms with E-state index in [1.807, 2.05) is 0 Å². The third-order valence-corrected chi connectivity index (χ3v) is 4.34. The quantitative estimate of drug-likeness (QED) is 0.553. The van der Waals surface area contributed by atoms with Crippen molar-refractivity contribution in [3.05, 3.63) is 0 Å². The molecule has 2 unspecified atom stereocenters. The Morgan fingerprint density at radius 2 is 1.62 bits per heavy atom. The number of primary amides is 1. The van der Waals surface area contributed by atoms with Gasteiger partial charge in [0.05, 0.1) is 0 Å². The fraction of sp³-hybridized carbons (Fsp3) is 0.571. The van der Waals surface area contributed by atoms with E-state index in [1.165, 1.54) is 0 Å². The summed E-state index contributed by atoms with van der Waals surface area (Å²) in [5.41, 5.74) is 4.63. The highest BCUT2D eigenvalue weighted by Gasteiger charge is 2.37. The number of urea groups is 1. The number of rotatable bonds is 4. The van der Waals surface area contributed by atoms with Crippen LogP contribution in [0.2, 0.25) is 0 Å². The number of hydrogen-bond acceptors (Lipinski definition) is 5. The van der Waals surface area contributed by atoms with E-state index in [2.05, 4.69) is 5.73 Å². The molecule has 8 nitrogen and oxygen atoms in total. The van der Waals surface area contributed by atoms with E-state index in [4.69, 9.17) is 5.11 Å². The Balaban J connectivity index is 4.98. The Kier molecular flexibility index (Phi) is 4.42. The van der Waals surface area contributed by atoms with Gasteiger partial charge in [0, 0.05) is 0 Å². The molecule has 16 heavy (non-hydrogen) atoms. The Morgan fingerprint density at radius 1 is 1.19 bits per heavy atom. The maximum absolute atomic E-state index is 11.5. The number of nitrogens with one attached hydrogen (secondary N) is 1. The molecule has 9 heteroatoms. The molecule has 0 bridgehead atoms. The minimum absolute atomic E-state index is 0.936. The number of carbonyl (C=O) groups is 3. The first-order chi connectivity index (χ1) is 7.10. The molecule has 0 rings (SSSR count). The molecule has 0 spiro atoms. The van der Waals surface area contributed by atoms with E-state index in [0.29, 0.717) is 0 Å². The molecule has 92 valence electrons. The first kappa shape index (κ1) is 14.4. The second-order valence-electron chi connectivity index (χ2n) is 3.07. The summed E-state index contributed by atoms with van der Waals surface area (Å²) in [4.78, 5) is 32.0. The number of amides is 3. The van der Waals surface area contributed by atoms with Crippen LogP contribution < -0.4 is 11.1 Å². The molecule has 0 aromatic rings. The predicted molar refractivity (Wildman–Crippen MR) is 53.2 cm³/mol. The smallest absolute Gasteiger partial charge is 0.321 e. The molecule has 0 fully saturated rings. The molecule has 0 saturated carbocycles. The Hall–Kier alpha value is -1.64. The number of hydrogen-bond donors (Lipinski definition) is 3. The van der Waals surface area contributed by atoms with Gasteiger partial charge in [-0.05, 0) is 13.8 Å². The number of sulfone groups is 1. The number of imide groups is 1. The molecule has 0 saturated heterocycles. The van der Waals surface area contributed by atoms with Gasteiger partial charge in [0.25, 0.3) is 0 Å². The van der Waals surface area contributed by atoms with E-state index in [0.717, 1.165) is 13.8 Å². The number of carbonyl (C=O) groups excluding carboxylic acids is 2. The molecule has 4 N–H and O–H groups in total. The first-order valence-electron chi connectivity index (χ1n) is 4.16. The van der Waals surface area contributed by atoms with Crippen molar-refractivity contribution in [2.45, 2.75) is 24.3 Å². The van der Waals surface area contributed by atoms with Gasteiger partial charge in [-0.1, -0.05) is 0 Å².